The van der Waals surface area contributed by atoms with E-state index in [1.54, 1.807) is 0 Å². The fourth-order valence-corrected chi connectivity index (χ4v) is 1.56. The first-order valence-corrected chi connectivity index (χ1v) is 5.13. The standard InChI is InChI=1S/C10H20N2O/c1-8(2)12(3)10(13)9-6-4-5-7-11-9/h8-9,11H,4-7H2,1-3H3. The Balaban J connectivity index is 2.45. The number of nitrogens with one attached hydrogen (secondary N) is 1. The minimum absolute atomic E-state index is 0.0705. The molecule has 1 rings (SSSR count). The lowest BCUT2D eigenvalue weighted by Gasteiger charge is -2.29. The third-order valence-electron chi connectivity index (χ3n) is 2.73. The normalized spacial score (nSPS) is 23.2. The molecule has 3 heteroatoms. The summed E-state index contributed by atoms with van der Waals surface area (Å²) in [5, 5.41) is 3.26. The largest absolute Gasteiger partial charge is 0.342 e. The van der Waals surface area contributed by atoms with Crippen LogP contribution < -0.4 is 5.32 Å². The van der Waals surface area contributed by atoms with Crippen molar-refractivity contribution >= 4 is 5.91 Å². The van der Waals surface area contributed by atoms with Crippen molar-refractivity contribution < 1.29 is 4.79 Å². The quantitative estimate of drug-likeness (QED) is 0.694. The fraction of sp³-hybridized carbons (Fsp3) is 0.900. The number of hydrogen-bond donors (Lipinski definition) is 1. The molecule has 0 aromatic heterocycles. The maximum absolute atomic E-state index is 11.8. The molecule has 0 saturated carbocycles. The van der Waals surface area contributed by atoms with Gasteiger partial charge in [0.25, 0.3) is 0 Å². The highest BCUT2D eigenvalue weighted by Gasteiger charge is 2.24. The lowest BCUT2D eigenvalue weighted by Crippen LogP contribution is -2.49. The van der Waals surface area contributed by atoms with Crippen LogP contribution in [0.2, 0.25) is 0 Å². The lowest BCUT2D eigenvalue weighted by molar-refractivity contribution is -0.134. The molecule has 1 N–H and O–H groups in total. The summed E-state index contributed by atoms with van der Waals surface area (Å²) in [6.45, 7) is 5.07. The number of piperidine rings is 1. The molecule has 0 bridgehead atoms. The Morgan fingerprint density at radius 2 is 2.15 bits per heavy atom. The number of nitrogens with zero attached hydrogens (tertiary/aromatic N) is 1. The number of likely N-dealkylation sites (N-methyl/N-ethyl adjacent to an activating group) is 1. The molecule has 1 atom stereocenters. The highest BCUT2D eigenvalue weighted by Crippen LogP contribution is 2.10. The molecule has 1 aliphatic heterocycles. The summed E-state index contributed by atoms with van der Waals surface area (Å²) < 4.78 is 0. The number of hydrogen-bond acceptors (Lipinski definition) is 2. The molecule has 0 radical (unpaired) electrons. The van der Waals surface area contributed by atoms with E-state index in [0.29, 0.717) is 6.04 Å². The molecule has 1 fully saturated rings. The Hall–Kier alpha value is -0.570. The minimum atomic E-state index is 0.0705. The molecular formula is C10H20N2O. The molecule has 1 heterocycles. The number of carbonyl (C=O) groups is 1. The average Bonchev–Trinajstić information content (AvgIpc) is 2.17. The Morgan fingerprint density at radius 1 is 1.46 bits per heavy atom. The Bertz CT molecular complexity index is 174. The first-order chi connectivity index (χ1) is 6.13. The van der Waals surface area contributed by atoms with E-state index in [9.17, 15) is 4.79 Å². The molecule has 3 nitrogen and oxygen atoms in total. The highest BCUT2D eigenvalue weighted by atomic mass is 16.2. The number of amides is 1. The molecule has 76 valence electrons. The Labute approximate surface area is 80.5 Å². The van der Waals surface area contributed by atoms with Gasteiger partial charge in [-0.25, -0.2) is 0 Å². The molecular weight excluding hydrogens is 164 g/mol. The van der Waals surface area contributed by atoms with Gasteiger partial charge in [0, 0.05) is 13.1 Å². The van der Waals surface area contributed by atoms with Crippen molar-refractivity contribution in [1.82, 2.24) is 10.2 Å². The SMILES string of the molecule is CC(C)N(C)C(=O)C1CCCCN1. The number of rotatable bonds is 2. The van der Waals surface area contributed by atoms with Crippen LogP contribution >= 0.6 is 0 Å². The summed E-state index contributed by atoms with van der Waals surface area (Å²) in [7, 11) is 1.88. The van der Waals surface area contributed by atoms with Crippen LogP contribution in [0.4, 0.5) is 0 Å². The van der Waals surface area contributed by atoms with Crippen molar-refractivity contribution in [3.8, 4) is 0 Å². The second kappa shape index (κ2) is 4.61. The third kappa shape index (κ3) is 2.69. The van der Waals surface area contributed by atoms with Crippen LogP contribution in [-0.4, -0.2) is 36.5 Å². The topological polar surface area (TPSA) is 32.3 Å². The Morgan fingerprint density at radius 3 is 2.62 bits per heavy atom. The van der Waals surface area contributed by atoms with Crippen molar-refractivity contribution in [1.29, 1.82) is 0 Å². The van der Waals surface area contributed by atoms with E-state index in [2.05, 4.69) is 5.32 Å². The van der Waals surface area contributed by atoms with E-state index in [4.69, 9.17) is 0 Å². The van der Waals surface area contributed by atoms with E-state index in [1.165, 1.54) is 12.8 Å². The summed E-state index contributed by atoms with van der Waals surface area (Å²) >= 11 is 0. The van der Waals surface area contributed by atoms with Crippen molar-refractivity contribution in [2.75, 3.05) is 13.6 Å². The predicted octanol–water partition coefficient (Wildman–Crippen LogP) is 0.995. The van der Waals surface area contributed by atoms with Crippen LogP contribution in [0.3, 0.4) is 0 Å². The zero-order valence-corrected chi connectivity index (χ0v) is 8.84. The van der Waals surface area contributed by atoms with Crippen LogP contribution in [0.1, 0.15) is 33.1 Å². The van der Waals surface area contributed by atoms with Crippen LogP contribution in [0, 0.1) is 0 Å². The lowest BCUT2D eigenvalue weighted by atomic mass is 10.0. The van der Waals surface area contributed by atoms with Crippen molar-refractivity contribution in [3.63, 3.8) is 0 Å². The van der Waals surface area contributed by atoms with Gasteiger partial charge >= 0.3 is 0 Å². The summed E-state index contributed by atoms with van der Waals surface area (Å²) in [4.78, 5) is 13.6. The molecule has 1 unspecified atom stereocenters. The minimum Gasteiger partial charge on any atom is -0.342 e. The summed E-state index contributed by atoms with van der Waals surface area (Å²) in [5.41, 5.74) is 0. The maximum atomic E-state index is 11.8. The van der Waals surface area contributed by atoms with Crippen LogP contribution in [0.5, 0.6) is 0 Å². The van der Waals surface area contributed by atoms with Gasteiger partial charge in [-0.15, -0.1) is 0 Å². The van der Waals surface area contributed by atoms with Gasteiger partial charge in [-0.05, 0) is 33.2 Å². The summed E-state index contributed by atoms with van der Waals surface area (Å²) in [5.74, 6) is 0.245. The van der Waals surface area contributed by atoms with Crippen molar-refractivity contribution in [2.24, 2.45) is 0 Å². The van der Waals surface area contributed by atoms with Crippen molar-refractivity contribution in [3.05, 3.63) is 0 Å². The van der Waals surface area contributed by atoms with Crippen LogP contribution in [-0.2, 0) is 4.79 Å². The van der Waals surface area contributed by atoms with Gasteiger partial charge in [0.15, 0.2) is 0 Å². The molecule has 13 heavy (non-hydrogen) atoms. The van der Waals surface area contributed by atoms with E-state index < -0.39 is 0 Å². The molecule has 0 aromatic rings. The zero-order valence-electron chi connectivity index (χ0n) is 8.84. The van der Waals surface area contributed by atoms with E-state index >= 15 is 0 Å². The molecule has 1 amide bonds. The molecule has 1 saturated heterocycles. The predicted molar refractivity (Wildman–Crippen MR) is 53.5 cm³/mol. The molecule has 0 aliphatic carbocycles. The molecule has 1 aliphatic rings. The van der Waals surface area contributed by atoms with Gasteiger partial charge in [-0.3, -0.25) is 4.79 Å². The average molecular weight is 184 g/mol. The van der Waals surface area contributed by atoms with Gasteiger partial charge in [0.2, 0.25) is 5.91 Å². The van der Waals surface area contributed by atoms with Gasteiger partial charge in [-0.2, -0.15) is 0 Å². The monoisotopic (exact) mass is 184 g/mol. The maximum Gasteiger partial charge on any atom is 0.239 e. The third-order valence-corrected chi connectivity index (χ3v) is 2.73. The smallest absolute Gasteiger partial charge is 0.239 e. The van der Waals surface area contributed by atoms with Crippen molar-refractivity contribution in [2.45, 2.75) is 45.2 Å². The van der Waals surface area contributed by atoms with Gasteiger partial charge in [-0.1, -0.05) is 6.42 Å². The van der Waals surface area contributed by atoms with E-state index in [0.717, 1.165) is 13.0 Å². The molecule has 0 aromatic carbocycles. The fourth-order valence-electron chi connectivity index (χ4n) is 1.56. The van der Waals surface area contributed by atoms with E-state index in [1.807, 2.05) is 25.8 Å². The van der Waals surface area contributed by atoms with E-state index in [-0.39, 0.29) is 11.9 Å². The second-order valence-electron chi connectivity index (χ2n) is 4.05. The summed E-state index contributed by atoms with van der Waals surface area (Å²) in [6, 6.07) is 0.373. The first kappa shape index (κ1) is 10.5. The summed E-state index contributed by atoms with van der Waals surface area (Å²) in [6.07, 6.45) is 3.38. The highest BCUT2D eigenvalue weighted by molar-refractivity contribution is 5.81. The second-order valence-corrected chi connectivity index (χ2v) is 4.05. The van der Waals surface area contributed by atoms with Gasteiger partial charge in [0.05, 0.1) is 6.04 Å². The Kier molecular flexibility index (Phi) is 3.72. The number of carbonyl (C=O) groups excluding carboxylic acids is 1. The first-order valence-electron chi connectivity index (χ1n) is 5.13. The molecule has 0 spiro atoms. The van der Waals surface area contributed by atoms with Gasteiger partial charge < -0.3 is 10.2 Å². The van der Waals surface area contributed by atoms with Crippen LogP contribution in [0.25, 0.3) is 0 Å². The zero-order chi connectivity index (χ0) is 9.84. The van der Waals surface area contributed by atoms with Crippen LogP contribution in [0.15, 0.2) is 0 Å². The van der Waals surface area contributed by atoms with Gasteiger partial charge in [0.1, 0.15) is 0 Å².